The first kappa shape index (κ1) is 14.6. The van der Waals surface area contributed by atoms with Crippen molar-refractivity contribution in [2.24, 2.45) is 5.41 Å². The smallest absolute Gasteiger partial charge is 0.251 e. The van der Waals surface area contributed by atoms with Crippen LogP contribution in [0.5, 0.6) is 0 Å². The van der Waals surface area contributed by atoms with E-state index in [1.54, 1.807) is 24.3 Å². The lowest BCUT2D eigenvalue weighted by atomic mass is 9.92. The Bertz CT molecular complexity index is 513. The number of nitrogens with one attached hydrogen (secondary N) is 2. The molecule has 0 radical (unpaired) electrons. The molecular weight excluding hydrogens is 252 g/mol. The van der Waals surface area contributed by atoms with E-state index in [2.05, 4.69) is 10.6 Å². The van der Waals surface area contributed by atoms with E-state index in [0.717, 1.165) is 12.8 Å². The van der Waals surface area contributed by atoms with E-state index < -0.39 is 0 Å². The first-order chi connectivity index (χ1) is 9.33. The van der Waals surface area contributed by atoms with Gasteiger partial charge < -0.3 is 10.6 Å². The standard InChI is InChI=1S/C16H22N2O2/c1-16(2,3)10-14(19)17-13-6-4-5-11(9-13)15(20)18-12-7-8-12/h4-6,9,12H,7-8,10H2,1-3H3,(H,17,19)(H,18,20). The number of hydrogen-bond acceptors (Lipinski definition) is 2. The minimum absolute atomic E-state index is 0.0303. The Morgan fingerprint density at radius 1 is 1.25 bits per heavy atom. The molecule has 0 bridgehead atoms. The summed E-state index contributed by atoms with van der Waals surface area (Å²) in [7, 11) is 0. The molecule has 1 aliphatic carbocycles. The van der Waals surface area contributed by atoms with Crippen LogP contribution in [0.3, 0.4) is 0 Å². The fraction of sp³-hybridized carbons (Fsp3) is 0.500. The van der Waals surface area contributed by atoms with E-state index in [-0.39, 0.29) is 17.2 Å². The second-order valence-electron chi connectivity index (χ2n) is 6.61. The van der Waals surface area contributed by atoms with Crippen molar-refractivity contribution in [1.82, 2.24) is 5.32 Å². The van der Waals surface area contributed by atoms with E-state index in [1.165, 1.54) is 0 Å². The van der Waals surface area contributed by atoms with Crippen molar-refractivity contribution in [3.63, 3.8) is 0 Å². The van der Waals surface area contributed by atoms with Crippen LogP contribution in [0.1, 0.15) is 50.4 Å². The summed E-state index contributed by atoms with van der Waals surface area (Å²) in [6, 6.07) is 7.40. The van der Waals surface area contributed by atoms with Gasteiger partial charge in [-0.2, -0.15) is 0 Å². The van der Waals surface area contributed by atoms with E-state index in [0.29, 0.717) is 23.7 Å². The van der Waals surface area contributed by atoms with Crippen LogP contribution in [0.2, 0.25) is 0 Å². The number of benzene rings is 1. The molecule has 2 amide bonds. The quantitative estimate of drug-likeness (QED) is 0.887. The van der Waals surface area contributed by atoms with Crippen LogP contribution in [0.25, 0.3) is 0 Å². The summed E-state index contributed by atoms with van der Waals surface area (Å²) in [6.45, 7) is 6.06. The molecule has 1 fully saturated rings. The Labute approximate surface area is 119 Å². The van der Waals surface area contributed by atoms with Crippen LogP contribution in [0, 0.1) is 5.41 Å². The lowest BCUT2D eigenvalue weighted by Gasteiger charge is -2.17. The zero-order valence-corrected chi connectivity index (χ0v) is 12.3. The Kier molecular flexibility index (Phi) is 4.12. The summed E-state index contributed by atoms with van der Waals surface area (Å²) >= 11 is 0. The van der Waals surface area contributed by atoms with Gasteiger partial charge in [-0.05, 0) is 36.5 Å². The Morgan fingerprint density at radius 2 is 1.95 bits per heavy atom. The van der Waals surface area contributed by atoms with Crippen molar-refractivity contribution in [2.75, 3.05) is 5.32 Å². The van der Waals surface area contributed by atoms with Crippen LogP contribution in [0.15, 0.2) is 24.3 Å². The normalized spacial score (nSPS) is 14.8. The van der Waals surface area contributed by atoms with Crippen molar-refractivity contribution in [3.05, 3.63) is 29.8 Å². The van der Waals surface area contributed by atoms with Gasteiger partial charge in [-0.1, -0.05) is 26.8 Å². The van der Waals surface area contributed by atoms with Crippen molar-refractivity contribution in [3.8, 4) is 0 Å². The van der Waals surface area contributed by atoms with Gasteiger partial charge in [-0.3, -0.25) is 9.59 Å². The van der Waals surface area contributed by atoms with E-state index >= 15 is 0 Å². The maximum Gasteiger partial charge on any atom is 0.251 e. The average molecular weight is 274 g/mol. The van der Waals surface area contributed by atoms with Crippen LogP contribution in [-0.4, -0.2) is 17.9 Å². The Hall–Kier alpha value is -1.84. The highest BCUT2D eigenvalue weighted by Crippen LogP contribution is 2.21. The lowest BCUT2D eigenvalue weighted by Crippen LogP contribution is -2.25. The van der Waals surface area contributed by atoms with Crippen molar-refractivity contribution < 1.29 is 9.59 Å². The molecule has 1 aliphatic rings. The highest BCUT2D eigenvalue weighted by atomic mass is 16.2. The summed E-state index contributed by atoms with van der Waals surface area (Å²) in [5.74, 6) is -0.100. The molecular formula is C16H22N2O2. The zero-order chi connectivity index (χ0) is 14.8. The zero-order valence-electron chi connectivity index (χ0n) is 12.3. The summed E-state index contributed by atoms with van der Waals surface area (Å²) < 4.78 is 0. The summed E-state index contributed by atoms with van der Waals surface area (Å²) in [4.78, 5) is 23.8. The van der Waals surface area contributed by atoms with Crippen LogP contribution in [-0.2, 0) is 4.79 Å². The molecule has 1 saturated carbocycles. The molecule has 0 atom stereocenters. The summed E-state index contributed by atoms with van der Waals surface area (Å²) in [5, 5.41) is 5.78. The number of carbonyl (C=O) groups is 2. The van der Waals surface area contributed by atoms with Crippen LogP contribution < -0.4 is 10.6 Å². The maximum atomic E-state index is 11.9. The largest absolute Gasteiger partial charge is 0.349 e. The molecule has 0 saturated heterocycles. The molecule has 0 aromatic heterocycles. The third kappa shape index (κ3) is 4.68. The predicted molar refractivity (Wildman–Crippen MR) is 79.6 cm³/mol. The SMILES string of the molecule is CC(C)(C)CC(=O)Nc1cccc(C(=O)NC2CC2)c1. The maximum absolute atomic E-state index is 11.9. The molecule has 20 heavy (non-hydrogen) atoms. The van der Waals surface area contributed by atoms with Crippen LogP contribution in [0.4, 0.5) is 5.69 Å². The molecule has 1 aromatic rings. The van der Waals surface area contributed by atoms with Crippen LogP contribution >= 0.6 is 0 Å². The van der Waals surface area contributed by atoms with Gasteiger partial charge in [0, 0.05) is 23.7 Å². The van der Waals surface area contributed by atoms with E-state index in [9.17, 15) is 9.59 Å². The van der Waals surface area contributed by atoms with E-state index in [4.69, 9.17) is 0 Å². The molecule has 2 N–H and O–H groups in total. The molecule has 0 heterocycles. The monoisotopic (exact) mass is 274 g/mol. The molecule has 4 nitrogen and oxygen atoms in total. The first-order valence-corrected chi connectivity index (χ1v) is 7.04. The van der Waals surface area contributed by atoms with Gasteiger partial charge in [0.2, 0.25) is 5.91 Å². The van der Waals surface area contributed by atoms with Crippen molar-refractivity contribution in [1.29, 1.82) is 0 Å². The predicted octanol–water partition coefficient (Wildman–Crippen LogP) is 2.95. The van der Waals surface area contributed by atoms with E-state index in [1.807, 2.05) is 20.8 Å². The number of carbonyl (C=O) groups excluding carboxylic acids is 2. The van der Waals surface area contributed by atoms with Gasteiger partial charge >= 0.3 is 0 Å². The third-order valence-electron chi connectivity index (χ3n) is 3.01. The molecule has 0 unspecified atom stereocenters. The molecule has 0 aliphatic heterocycles. The highest BCUT2D eigenvalue weighted by Gasteiger charge is 2.24. The second kappa shape index (κ2) is 5.65. The molecule has 0 spiro atoms. The topological polar surface area (TPSA) is 58.2 Å². The molecule has 4 heteroatoms. The van der Waals surface area contributed by atoms with Gasteiger partial charge in [0.15, 0.2) is 0 Å². The van der Waals surface area contributed by atoms with Gasteiger partial charge in [0.1, 0.15) is 0 Å². The third-order valence-corrected chi connectivity index (χ3v) is 3.01. The van der Waals surface area contributed by atoms with Crippen molar-refractivity contribution >= 4 is 17.5 Å². The lowest BCUT2D eigenvalue weighted by molar-refractivity contribution is -0.117. The molecule has 2 rings (SSSR count). The highest BCUT2D eigenvalue weighted by molar-refractivity contribution is 5.97. The van der Waals surface area contributed by atoms with Gasteiger partial charge in [-0.15, -0.1) is 0 Å². The summed E-state index contributed by atoms with van der Waals surface area (Å²) in [6.07, 6.45) is 2.58. The Morgan fingerprint density at radius 3 is 2.55 bits per heavy atom. The van der Waals surface area contributed by atoms with Crippen molar-refractivity contribution in [2.45, 2.75) is 46.1 Å². The average Bonchev–Trinajstić information content (AvgIpc) is 3.10. The summed E-state index contributed by atoms with van der Waals surface area (Å²) in [5.41, 5.74) is 1.21. The molecule has 108 valence electrons. The minimum Gasteiger partial charge on any atom is -0.349 e. The number of hydrogen-bond donors (Lipinski definition) is 2. The fourth-order valence-electron chi connectivity index (χ4n) is 1.92. The number of amides is 2. The number of anilines is 1. The first-order valence-electron chi connectivity index (χ1n) is 7.04. The van der Waals surface area contributed by atoms with Gasteiger partial charge in [-0.25, -0.2) is 0 Å². The Balaban J connectivity index is 1.98. The second-order valence-corrected chi connectivity index (χ2v) is 6.61. The van der Waals surface area contributed by atoms with Gasteiger partial charge in [0.05, 0.1) is 0 Å². The number of rotatable bonds is 4. The minimum atomic E-state index is -0.0700. The van der Waals surface area contributed by atoms with Gasteiger partial charge in [0.25, 0.3) is 5.91 Å². The molecule has 1 aromatic carbocycles. The fourth-order valence-corrected chi connectivity index (χ4v) is 1.92.